The Bertz CT molecular complexity index is 699. The molecule has 0 aliphatic heterocycles. The zero-order valence-corrected chi connectivity index (χ0v) is 9.04. The van der Waals surface area contributed by atoms with Gasteiger partial charge in [0.15, 0.2) is 0 Å². The summed E-state index contributed by atoms with van der Waals surface area (Å²) in [6.45, 7) is 0.759. The number of benzene rings is 1. The summed E-state index contributed by atoms with van der Waals surface area (Å²) in [4.78, 5) is 15.0. The van der Waals surface area contributed by atoms with Crippen LogP contribution in [0, 0.1) is 0 Å². The minimum atomic E-state index is -0.320. The van der Waals surface area contributed by atoms with Crippen LogP contribution in [0.1, 0.15) is 5.56 Å². The first-order chi connectivity index (χ1) is 8.31. The van der Waals surface area contributed by atoms with Crippen molar-refractivity contribution in [3.8, 4) is 0 Å². The van der Waals surface area contributed by atoms with Crippen LogP contribution in [0.5, 0.6) is 0 Å². The summed E-state index contributed by atoms with van der Waals surface area (Å²) < 4.78 is 7.06. The van der Waals surface area contributed by atoms with E-state index in [1.165, 1.54) is 6.07 Å². The number of aromatic nitrogens is 2. The first kappa shape index (κ1) is 9.84. The van der Waals surface area contributed by atoms with E-state index in [1.54, 1.807) is 18.6 Å². The van der Waals surface area contributed by atoms with Gasteiger partial charge in [0.1, 0.15) is 5.58 Å². The zero-order valence-electron chi connectivity index (χ0n) is 9.04. The van der Waals surface area contributed by atoms with Crippen LogP contribution in [-0.2, 0) is 6.54 Å². The predicted molar refractivity (Wildman–Crippen MR) is 63.8 cm³/mol. The normalized spacial score (nSPS) is 10.8. The maximum atomic E-state index is 11.0. The van der Waals surface area contributed by atoms with E-state index >= 15 is 0 Å². The largest absolute Gasteiger partial charge is 0.423 e. The summed E-state index contributed by atoms with van der Waals surface area (Å²) >= 11 is 0. The van der Waals surface area contributed by atoms with Gasteiger partial charge in [0.25, 0.3) is 0 Å². The molecule has 0 unspecified atom stereocenters. The highest BCUT2D eigenvalue weighted by atomic mass is 16.4. The van der Waals surface area contributed by atoms with Crippen molar-refractivity contribution in [2.75, 3.05) is 0 Å². The summed E-state index contributed by atoms with van der Waals surface area (Å²) in [6.07, 6.45) is 5.44. The molecule has 4 nitrogen and oxygen atoms in total. The molecule has 1 aromatic carbocycles. The van der Waals surface area contributed by atoms with Crippen molar-refractivity contribution < 1.29 is 4.42 Å². The van der Waals surface area contributed by atoms with Gasteiger partial charge in [-0.2, -0.15) is 0 Å². The highest BCUT2D eigenvalue weighted by Crippen LogP contribution is 2.14. The first-order valence-corrected chi connectivity index (χ1v) is 5.30. The maximum absolute atomic E-state index is 11.0. The molecular formula is C13H10N2O2. The number of hydrogen-bond acceptors (Lipinski definition) is 3. The quantitative estimate of drug-likeness (QED) is 0.628. The monoisotopic (exact) mass is 226 g/mol. The molecule has 0 atom stereocenters. The molecule has 17 heavy (non-hydrogen) atoms. The third-order valence-corrected chi connectivity index (χ3v) is 2.61. The molecule has 0 N–H and O–H groups in total. The molecule has 3 rings (SSSR count). The van der Waals surface area contributed by atoms with Gasteiger partial charge in [-0.15, -0.1) is 0 Å². The summed E-state index contributed by atoms with van der Waals surface area (Å²) in [5, 5.41) is 0.933. The van der Waals surface area contributed by atoms with Gasteiger partial charge in [-0.1, -0.05) is 6.07 Å². The van der Waals surface area contributed by atoms with E-state index in [0.717, 1.165) is 17.5 Å². The second kappa shape index (κ2) is 3.90. The van der Waals surface area contributed by atoms with Gasteiger partial charge in [-0.05, 0) is 23.8 Å². The van der Waals surface area contributed by atoms with Gasteiger partial charge in [0.05, 0.1) is 6.33 Å². The molecular weight excluding hydrogens is 216 g/mol. The molecule has 4 heteroatoms. The highest BCUT2D eigenvalue weighted by molar-refractivity contribution is 5.76. The van der Waals surface area contributed by atoms with Gasteiger partial charge in [0, 0.05) is 30.4 Å². The molecule has 0 bridgehead atoms. The summed E-state index contributed by atoms with van der Waals surface area (Å²) in [7, 11) is 0. The van der Waals surface area contributed by atoms with Crippen LogP contribution in [0.15, 0.2) is 58.3 Å². The maximum Gasteiger partial charge on any atom is 0.336 e. The molecule has 0 amide bonds. The van der Waals surface area contributed by atoms with E-state index in [9.17, 15) is 4.79 Å². The fourth-order valence-corrected chi connectivity index (χ4v) is 1.81. The van der Waals surface area contributed by atoms with E-state index in [1.807, 2.05) is 29.0 Å². The third kappa shape index (κ3) is 1.97. The van der Waals surface area contributed by atoms with Gasteiger partial charge >= 0.3 is 5.63 Å². The van der Waals surface area contributed by atoms with Crippen LogP contribution in [-0.4, -0.2) is 9.55 Å². The fraction of sp³-hybridized carbons (Fsp3) is 0.0769. The van der Waals surface area contributed by atoms with Crippen molar-refractivity contribution in [1.82, 2.24) is 9.55 Å². The Kier molecular flexibility index (Phi) is 2.26. The Balaban J connectivity index is 2.02. The van der Waals surface area contributed by atoms with Crippen LogP contribution >= 0.6 is 0 Å². The van der Waals surface area contributed by atoms with E-state index in [-0.39, 0.29) is 5.63 Å². The fourth-order valence-electron chi connectivity index (χ4n) is 1.81. The SMILES string of the molecule is O=c1ccc2cc(Cn3ccnc3)ccc2o1. The highest BCUT2D eigenvalue weighted by Gasteiger charge is 2.00. The summed E-state index contributed by atoms with van der Waals surface area (Å²) in [5.74, 6) is 0. The molecule has 0 spiro atoms. The lowest BCUT2D eigenvalue weighted by molar-refractivity contribution is 0.561. The summed E-state index contributed by atoms with van der Waals surface area (Å²) in [6, 6.07) is 8.99. The topological polar surface area (TPSA) is 48.0 Å². The molecule has 0 saturated carbocycles. The van der Waals surface area contributed by atoms with Crippen LogP contribution in [0.25, 0.3) is 11.0 Å². The molecule has 0 fully saturated rings. The van der Waals surface area contributed by atoms with Crippen LogP contribution in [0.3, 0.4) is 0 Å². The number of nitrogens with zero attached hydrogens (tertiary/aromatic N) is 2. The van der Waals surface area contributed by atoms with E-state index in [2.05, 4.69) is 4.98 Å². The van der Waals surface area contributed by atoms with E-state index in [0.29, 0.717) is 5.58 Å². The lowest BCUT2D eigenvalue weighted by Gasteiger charge is -2.03. The minimum Gasteiger partial charge on any atom is -0.423 e. The van der Waals surface area contributed by atoms with Gasteiger partial charge in [-0.25, -0.2) is 9.78 Å². The Labute approximate surface area is 97.1 Å². The minimum absolute atomic E-state index is 0.320. The Morgan fingerprint density at radius 2 is 2.18 bits per heavy atom. The average Bonchev–Trinajstić information content (AvgIpc) is 2.82. The lowest BCUT2D eigenvalue weighted by atomic mass is 10.1. The standard InChI is InChI=1S/C13H10N2O2/c16-13-4-2-11-7-10(1-3-12(11)17-13)8-15-6-5-14-9-15/h1-7,9H,8H2. The zero-order chi connectivity index (χ0) is 11.7. The molecule has 3 aromatic rings. The predicted octanol–water partition coefficient (Wildman–Crippen LogP) is 2.04. The van der Waals surface area contributed by atoms with Gasteiger partial charge in [-0.3, -0.25) is 0 Å². The molecule has 0 aliphatic rings. The van der Waals surface area contributed by atoms with Crippen LogP contribution < -0.4 is 5.63 Å². The number of hydrogen-bond donors (Lipinski definition) is 0. The average molecular weight is 226 g/mol. The van der Waals surface area contributed by atoms with Crippen molar-refractivity contribution in [2.24, 2.45) is 0 Å². The summed E-state index contributed by atoms with van der Waals surface area (Å²) in [5.41, 5.74) is 1.44. The third-order valence-electron chi connectivity index (χ3n) is 2.61. The van der Waals surface area contributed by atoms with Gasteiger partial charge < -0.3 is 8.98 Å². The molecule has 84 valence electrons. The molecule has 2 aromatic heterocycles. The second-order valence-corrected chi connectivity index (χ2v) is 3.86. The Morgan fingerprint density at radius 1 is 1.24 bits per heavy atom. The van der Waals surface area contributed by atoms with Crippen LogP contribution in [0.2, 0.25) is 0 Å². The molecule has 0 aliphatic carbocycles. The lowest BCUT2D eigenvalue weighted by Crippen LogP contribution is -1.98. The second-order valence-electron chi connectivity index (χ2n) is 3.86. The van der Waals surface area contributed by atoms with Crippen molar-refractivity contribution in [2.45, 2.75) is 6.54 Å². The Morgan fingerprint density at radius 3 is 3.00 bits per heavy atom. The molecule has 0 radical (unpaired) electrons. The smallest absolute Gasteiger partial charge is 0.336 e. The van der Waals surface area contributed by atoms with Crippen LogP contribution in [0.4, 0.5) is 0 Å². The Hall–Kier alpha value is -2.36. The van der Waals surface area contributed by atoms with Crippen molar-refractivity contribution in [3.05, 3.63) is 65.0 Å². The van der Waals surface area contributed by atoms with Crippen molar-refractivity contribution >= 4 is 11.0 Å². The first-order valence-electron chi connectivity index (χ1n) is 5.30. The van der Waals surface area contributed by atoms with E-state index in [4.69, 9.17) is 4.42 Å². The van der Waals surface area contributed by atoms with Crippen molar-refractivity contribution in [1.29, 1.82) is 0 Å². The van der Waals surface area contributed by atoms with Crippen molar-refractivity contribution in [3.63, 3.8) is 0 Å². The number of fused-ring (bicyclic) bond motifs is 1. The molecule has 2 heterocycles. The van der Waals surface area contributed by atoms with E-state index < -0.39 is 0 Å². The molecule has 0 saturated heterocycles. The number of rotatable bonds is 2. The number of imidazole rings is 1. The van der Waals surface area contributed by atoms with Gasteiger partial charge in [0.2, 0.25) is 0 Å².